The first-order chi connectivity index (χ1) is 6.56. The van der Waals surface area contributed by atoms with E-state index in [1.54, 1.807) is 13.1 Å². The third-order valence-corrected chi connectivity index (χ3v) is 2.47. The fourth-order valence-corrected chi connectivity index (χ4v) is 1.63. The van der Waals surface area contributed by atoms with E-state index in [1.165, 1.54) is 4.90 Å². The average Bonchev–Trinajstić information content (AvgIpc) is 2.15. The molecule has 0 aliphatic rings. The number of benzene rings is 1. The molecule has 1 aromatic carbocycles. The molecule has 76 valence electrons. The normalized spacial score (nSPS) is 10.0. The Morgan fingerprint density at radius 1 is 1.50 bits per heavy atom. The molecule has 14 heavy (non-hydrogen) atoms. The fraction of sp³-hybridized carbons (Fsp3) is 0.300. The minimum absolute atomic E-state index is 0.0153. The quantitative estimate of drug-likeness (QED) is 0.718. The van der Waals surface area contributed by atoms with Crippen LogP contribution in [0.25, 0.3) is 0 Å². The van der Waals surface area contributed by atoms with E-state index in [1.807, 2.05) is 19.1 Å². The Morgan fingerprint density at radius 2 is 2.14 bits per heavy atom. The second kappa shape index (κ2) is 4.67. The molecule has 4 heteroatoms. The van der Waals surface area contributed by atoms with E-state index in [-0.39, 0.29) is 11.8 Å². The van der Waals surface area contributed by atoms with Crippen LogP contribution in [0.1, 0.15) is 5.56 Å². The second-order valence-electron chi connectivity index (χ2n) is 3.02. The molecule has 0 bridgehead atoms. The van der Waals surface area contributed by atoms with Crippen LogP contribution in [0, 0.1) is 6.92 Å². The summed E-state index contributed by atoms with van der Waals surface area (Å²) >= 11 is 11.3. The van der Waals surface area contributed by atoms with Crippen molar-refractivity contribution in [2.45, 2.75) is 6.92 Å². The fourth-order valence-electron chi connectivity index (χ4n) is 1.22. The standard InChI is InChI=1S/C10H11Cl2NO/c1-7-5-8(12)3-4-9(7)13(2)10(14)6-11/h3-5H,6H2,1-2H3. The highest BCUT2D eigenvalue weighted by Crippen LogP contribution is 2.22. The lowest BCUT2D eigenvalue weighted by Crippen LogP contribution is -2.27. The average molecular weight is 232 g/mol. The minimum Gasteiger partial charge on any atom is -0.314 e. The van der Waals surface area contributed by atoms with E-state index in [0.29, 0.717) is 5.02 Å². The van der Waals surface area contributed by atoms with Gasteiger partial charge < -0.3 is 4.90 Å². The Balaban J connectivity index is 3.01. The number of hydrogen-bond donors (Lipinski definition) is 0. The van der Waals surface area contributed by atoms with Gasteiger partial charge in [0.05, 0.1) is 0 Å². The zero-order valence-corrected chi connectivity index (χ0v) is 9.56. The molecule has 0 heterocycles. The summed E-state index contributed by atoms with van der Waals surface area (Å²) in [6.07, 6.45) is 0. The van der Waals surface area contributed by atoms with E-state index in [2.05, 4.69) is 0 Å². The highest BCUT2D eigenvalue weighted by molar-refractivity contribution is 6.31. The monoisotopic (exact) mass is 231 g/mol. The van der Waals surface area contributed by atoms with Crippen molar-refractivity contribution in [1.29, 1.82) is 0 Å². The van der Waals surface area contributed by atoms with Crippen LogP contribution >= 0.6 is 23.2 Å². The van der Waals surface area contributed by atoms with Gasteiger partial charge in [0.1, 0.15) is 5.88 Å². The zero-order valence-electron chi connectivity index (χ0n) is 8.05. The van der Waals surface area contributed by atoms with Crippen LogP contribution < -0.4 is 4.90 Å². The molecule has 0 radical (unpaired) electrons. The Hall–Kier alpha value is -0.730. The van der Waals surface area contributed by atoms with Gasteiger partial charge >= 0.3 is 0 Å². The van der Waals surface area contributed by atoms with Gasteiger partial charge in [-0.1, -0.05) is 11.6 Å². The van der Waals surface area contributed by atoms with Crippen LogP contribution in [0.15, 0.2) is 18.2 Å². The lowest BCUT2D eigenvalue weighted by atomic mass is 10.2. The number of aryl methyl sites for hydroxylation is 1. The van der Waals surface area contributed by atoms with Gasteiger partial charge in [-0.3, -0.25) is 4.79 Å². The second-order valence-corrected chi connectivity index (χ2v) is 3.72. The first-order valence-corrected chi connectivity index (χ1v) is 5.06. The Kier molecular flexibility index (Phi) is 3.78. The maximum absolute atomic E-state index is 11.3. The predicted molar refractivity (Wildman–Crippen MR) is 60.3 cm³/mol. The highest BCUT2D eigenvalue weighted by Gasteiger charge is 2.11. The van der Waals surface area contributed by atoms with Crippen LogP contribution in [-0.2, 0) is 4.79 Å². The smallest absolute Gasteiger partial charge is 0.241 e. The molecule has 0 aromatic heterocycles. The van der Waals surface area contributed by atoms with Crippen molar-refractivity contribution in [2.24, 2.45) is 0 Å². The van der Waals surface area contributed by atoms with Crippen LogP contribution in [0.2, 0.25) is 5.02 Å². The summed E-state index contributed by atoms with van der Waals surface area (Å²) in [5.41, 5.74) is 1.79. The van der Waals surface area contributed by atoms with Crippen molar-refractivity contribution in [2.75, 3.05) is 17.8 Å². The molecule has 0 spiro atoms. The molecule has 2 nitrogen and oxygen atoms in total. The largest absolute Gasteiger partial charge is 0.314 e. The van der Waals surface area contributed by atoms with Crippen LogP contribution in [0.4, 0.5) is 5.69 Å². The van der Waals surface area contributed by atoms with Crippen molar-refractivity contribution in [3.8, 4) is 0 Å². The Labute approximate surface area is 93.4 Å². The zero-order chi connectivity index (χ0) is 10.7. The van der Waals surface area contributed by atoms with Crippen LogP contribution in [0.3, 0.4) is 0 Å². The molecule has 0 aliphatic heterocycles. The number of hydrogen-bond acceptors (Lipinski definition) is 1. The third-order valence-electron chi connectivity index (χ3n) is 2.01. The van der Waals surface area contributed by atoms with Gasteiger partial charge in [-0.15, -0.1) is 11.6 Å². The summed E-state index contributed by atoms with van der Waals surface area (Å²) < 4.78 is 0. The Bertz CT molecular complexity index is 352. The molecule has 1 rings (SSSR count). The number of anilines is 1. The molecule has 1 aromatic rings. The van der Waals surface area contributed by atoms with Gasteiger partial charge in [-0.05, 0) is 30.7 Å². The lowest BCUT2D eigenvalue weighted by Gasteiger charge is -2.18. The van der Waals surface area contributed by atoms with Gasteiger partial charge in [0.15, 0.2) is 0 Å². The highest BCUT2D eigenvalue weighted by atomic mass is 35.5. The third kappa shape index (κ3) is 2.40. The van der Waals surface area contributed by atoms with Crippen molar-refractivity contribution in [1.82, 2.24) is 0 Å². The minimum atomic E-state index is -0.128. The molecule has 0 fully saturated rings. The number of alkyl halides is 1. The van der Waals surface area contributed by atoms with Crippen LogP contribution in [-0.4, -0.2) is 18.8 Å². The maximum Gasteiger partial charge on any atom is 0.241 e. The van der Waals surface area contributed by atoms with E-state index >= 15 is 0 Å². The Morgan fingerprint density at radius 3 is 2.64 bits per heavy atom. The number of carbonyl (C=O) groups is 1. The summed E-state index contributed by atoms with van der Waals surface area (Å²) in [5, 5.41) is 0.665. The van der Waals surface area contributed by atoms with Crippen molar-refractivity contribution >= 4 is 34.8 Å². The van der Waals surface area contributed by atoms with E-state index in [4.69, 9.17) is 23.2 Å². The molecule has 0 atom stereocenters. The van der Waals surface area contributed by atoms with Gasteiger partial charge in [-0.2, -0.15) is 0 Å². The first kappa shape index (κ1) is 11.3. The summed E-state index contributed by atoms with van der Waals surface area (Å²) in [6, 6.07) is 5.37. The summed E-state index contributed by atoms with van der Waals surface area (Å²) in [4.78, 5) is 12.8. The van der Waals surface area contributed by atoms with E-state index < -0.39 is 0 Å². The number of halogens is 2. The lowest BCUT2D eigenvalue weighted by molar-refractivity contribution is -0.116. The summed E-state index contributed by atoms with van der Waals surface area (Å²) in [7, 11) is 1.70. The summed E-state index contributed by atoms with van der Waals surface area (Å²) in [5.74, 6) is -0.143. The van der Waals surface area contributed by atoms with Crippen molar-refractivity contribution in [3.63, 3.8) is 0 Å². The number of carbonyl (C=O) groups excluding carboxylic acids is 1. The van der Waals surface area contributed by atoms with Crippen molar-refractivity contribution < 1.29 is 4.79 Å². The number of amides is 1. The first-order valence-electron chi connectivity index (χ1n) is 4.15. The van der Waals surface area contributed by atoms with Gasteiger partial charge in [0, 0.05) is 17.8 Å². The molecule has 0 N–H and O–H groups in total. The summed E-state index contributed by atoms with van der Waals surface area (Å²) in [6.45, 7) is 1.90. The number of rotatable bonds is 2. The predicted octanol–water partition coefficient (Wildman–Crippen LogP) is 2.85. The molecule has 0 aliphatic carbocycles. The van der Waals surface area contributed by atoms with Gasteiger partial charge in [0.25, 0.3) is 0 Å². The SMILES string of the molecule is Cc1cc(Cl)ccc1N(C)C(=O)CCl. The molecular formula is C10H11Cl2NO. The molecule has 0 unspecified atom stereocenters. The van der Waals surface area contributed by atoms with Gasteiger partial charge in [-0.25, -0.2) is 0 Å². The topological polar surface area (TPSA) is 20.3 Å². The molecule has 0 saturated carbocycles. The van der Waals surface area contributed by atoms with Crippen LogP contribution in [0.5, 0.6) is 0 Å². The van der Waals surface area contributed by atoms with E-state index in [9.17, 15) is 4.79 Å². The maximum atomic E-state index is 11.3. The van der Waals surface area contributed by atoms with Crippen molar-refractivity contribution in [3.05, 3.63) is 28.8 Å². The van der Waals surface area contributed by atoms with E-state index in [0.717, 1.165) is 11.3 Å². The molecular weight excluding hydrogens is 221 g/mol. The van der Waals surface area contributed by atoms with Gasteiger partial charge in [0.2, 0.25) is 5.91 Å². The molecule has 1 amide bonds. The number of nitrogens with zero attached hydrogens (tertiary/aromatic N) is 1. The molecule has 0 saturated heterocycles.